The quantitative estimate of drug-likeness (QED) is 0.481. The lowest BCUT2D eigenvalue weighted by Crippen LogP contribution is -2.36. The largest absolute Gasteiger partial charge is 0.355 e. The van der Waals surface area contributed by atoms with E-state index in [4.69, 9.17) is 0 Å². The molecule has 2 aromatic carbocycles. The summed E-state index contributed by atoms with van der Waals surface area (Å²) in [5.41, 5.74) is 3.70. The molecule has 25 heavy (non-hydrogen) atoms. The Kier molecular flexibility index (Phi) is 6.39. The first-order valence-corrected chi connectivity index (χ1v) is 10.5. The Hall–Kier alpha value is -1.08. The van der Waals surface area contributed by atoms with Crippen molar-refractivity contribution in [1.82, 2.24) is 5.32 Å². The molecule has 0 aliphatic heterocycles. The Morgan fingerprint density at radius 3 is 2.52 bits per heavy atom. The van der Waals surface area contributed by atoms with E-state index in [1.807, 2.05) is 18.2 Å². The van der Waals surface area contributed by atoms with Crippen LogP contribution in [-0.2, 0) is 0 Å². The maximum atomic E-state index is 12.8. The molecule has 1 aliphatic carbocycles. The Bertz CT molecular complexity index is 772. The normalized spacial score (nSPS) is 15.0. The predicted octanol–water partition coefficient (Wildman–Crippen LogP) is 6.17. The monoisotopic (exact) mass is 512 g/mol. The summed E-state index contributed by atoms with van der Waals surface area (Å²) >= 11 is 5.80. The second-order valence-corrected chi connectivity index (χ2v) is 8.74. The van der Waals surface area contributed by atoms with E-state index >= 15 is 0 Å². The van der Waals surface area contributed by atoms with Crippen molar-refractivity contribution < 1.29 is 4.79 Å². The number of nitrogens with one attached hydrogen (secondary N) is 2. The van der Waals surface area contributed by atoms with Crippen molar-refractivity contribution in [2.45, 2.75) is 45.1 Å². The van der Waals surface area contributed by atoms with Crippen LogP contribution in [0.15, 0.2) is 40.9 Å². The van der Waals surface area contributed by atoms with Gasteiger partial charge >= 0.3 is 0 Å². The Morgan fingerprint density at radius 2 is 1.80 bits per heavy atom. The lowest BCUT2D eigenvalue weighted by atomic mass is 9.95. The standard InChI is InChI=1S/C20H22BrIN2O/c1-13-11-15(22)8-10-18(13)24-19-9-7-14(21)12-17(19)20(25)23-16-5-3-2-4-6-16/h7-12,16,24H,2-6H2,1H3,(H,23,25). The average molecular weight is 513 g/mol. The van der Waals surface area contributed by atoms with Gasteiger partial charge in [-0.1, -0.05) is 35.2 Å². The number of amides is 1. The number of rotatable bonds is 4. The van der Waals surface area contributed by atoms with Crippen LogP contribution in [-0.4, -0.2) is 11.9 Å². The molecule has 2 aromatic rings. The Morgan fingerprint density at radius 1 is 1.08 bits per heavy atom. The minimum absolute atomic E-state index is 0.00105. The molecule has 0 saturated heterocycles. The van der Waals surface area contributed by atoms with E-state index in [1.54, 1.807) is 0 Å². The van der Waals surface area contributed by atoms with E-state index in [0.29, 0.717) is 11.6 Å². The zero-order chi connectivity index (χ0) is 17.8. The fourth-order valence-corrected chi connectivity index (χ4v) is 4.24. The van der Waals surface area contributed by atoms with E-state index in [1.165, 1.54) is 22.8 Å². The Balaban J connectivity index is 1.83. The fourth-order valence-electron chi connectivity index (χ4n) is 3.24. The van der Waals surface area contributed by atoms with Crippen molar-refractivity contribution in [2.24, 2.45) is 0 Å². The summed E-state index contributed by atoms with van der Waals surface area (Å²) in [4.78, 5) is 12.8. The highest BCUT2D eigenvalue weighted by Crippen LogP contribution is 2.28. The van der Waals surface area contributed by atoms with E-state index in [-0.39, 0.29) is 5.91 Å². The van der Waals surface area contributed by atoms with Crippen molar-refractivity contribution in [1.29, 1.82) is 0 Å². The number of halogens is 2. The third-order valence-corrected chi connectivity index (χ3v) is 5.79. The van der Waals surface area contributed by atoms with Crippen molar-refractivity contribution in [3.63, 3.8) is 0 Å². The number of carbonyl (C=O) groups excluding carboxylic acids is 1. The molecule has 5 heteroatoms. The van der Waals surface area contributed by atoms with Crippen molar-refractivity contribution in [3.8, 4) is 0 Å². The SMILES string of the molecule is Cc1cc(I)ccc1Nc1ccc(Br)cc1C(=O)NC1CCCCC1. The van der Waals surface area contributed by atoms with Crippen molar-refractivity contribution in [3.05, 3.63) is 55.6 Å². The summed E-state index contributed by atoms with van der Waals surface area (Å²) in [6.45, 7) is 2.07. The summed E-state index contributed by atoms with van der Waals surface area (Å²) < 4.78 is 2.11. The van der Waals surface area contributed by atoms with Gasteiger partial charge in [-0.25, -0.2) is 0 Å². The van der Waals surface area contributed by atoms with Gasteiger partial charge in [-0.05, 0) is 84.3 Å². The molecular formula is C20H22BrIN2O. The van der Waals surface area contributed by atoms with Gasteiger partial charge in [-0.3, -0.25) is 4.79 Å². The van der Waals surface area contributed by atoms with Crippen LogP contribution < -0.4 is 10.6 Å². The van der Waals surface area contributed by atoms with Gasteiger partial charge in [0, 0.05) is 19.8 Å². The maximum Gasteiger partial charge on any atom is 0.253 e. The van der Waals surface area contributed by atoms with Crippen LogP contribution in [0, 0.1) is 10.5 Å². The van der Waals surface area contributed by atoms with E-state index < -0.39 is 0 Å². The average Bonchev–Trinajstić information content (AvgIpc) is 2.59. The molecule has 0 atom stereocenters. The van der Waals surface area contributed by atoms with Gasteiger partial charge in [0.2, 0.25) is 0 Å². The topological polar surface area (TPSA) is 41.1 Å². The summed E-state index contributed by atoms with van der Waals surface area (Å²) in [7, 11) is 0. The molecule has 3 nitrogen and oxygen atoms in total. The highest BCUT2D eigenvalue weighted by molar-refractivity contribution is 14.1. The number of benzene rings is 2. The molecule has 3 rings (SSSR count). The zero-order valence-electron chi connectivity index (χ0n) is 14.2. The number of hydrogen-bond donors (Lipinski definition) is 2. The second-order valence-electron chi connectivity index (χ2n) is 6.58. The van der Waals surface area contributed by atoms with Crippen LogP contribution in [0.3, 0.4) is 0 Å². The fraction of sp³-hybridized carbons (Fsp3) is 0.350. The van der Waals surface area contributed by atoms with Crippen LogP contribution in [0.5, 0.6) is 0 Å². The van der Waals surface area contributed by atoms with Crippen LogP contribution in [0.1, 0.15) is 48.0 Å². The molecule has 2 N–H and O–H groups in total. The van der Waals surface area contributed by atoms with Crippen molar-refractivity contribution in [2.75, 3.05) is 5.32 Å². The molecule has 0 radical (unpaired) electrons. The molecular weight excluding hydrogens is 491 g/mol. The molecule has 0 aromatic heterocycles. The maximum absolute atomic E-state index is 12.8. The molecule has 1 amide bonds. The number of hydrogen-bond acceptors (Lipinski definition) is 2. The van der Waals surface area contributed by atoms with Gasteiger partial charge in [-0.2, -0.15) is 0 Å². The minimum atomic E-state index is -0.00105. The zero-order valence-corrected chi connectivity index (χ0v) is 18.0. The third-order valence-electron chi connectivity index (χ3n) is 4.62. The lowest BCUT2D eigenvalue weighted by Gasteiger charge is -2.23. The van der Waals surface area contributed by atoms with Crippen LogP contribution in [0.4, 0.5) is 11.4 Å². The van der Waals surface area contributed by atoms with Gasteiger partial charge in [-0.15, -0.1) is 0 Å². The first kappa shape index (κ1) is 18.7. The van der Waals surface area contributed by atoms with Crippen LogP contribution in [0.25, 0.3) is 0 Å². The number of anilines is 2. The summed E-state index contributed by atoms with van der Waals surface area (Å²) in [5.74, 6) is -0.00105. The molecule has 132 valence electrons. The van der Waals surface area contributed by atoms with E-state index in [9.17, 15) is 4.79 Å². The van der Waals surface area contributed by atoms with Gasteiger partial charge in [0.25, 0.3) is 5.91 Å². The molecule has 0 bridgehead atoms. The van der Waals surface area contributed by atoms with Gasteiger partial charge < -0.3 is 10.6 Å². The van der Waals surface area contributed by atoms with Crippen LogP contribution >= 0.6 is 38.5 Å². The minimum Gasteiger partial charge on any atom is -0.355 e. The van der Waals surface area contributed by atoms with E-state index in [2.05, 4.69) is 74.3 Å². The van der Waals surface area contributed by atoms with Crippen LogP contribution in [0.2, 0.25) is 0 Å². The number of carbonyl (C=O) groups is 1. The molecule has 0 heterocycles. The number of aryl methyl sites for hydroxylation is 1. The lowest BCUT2D eigenvalue weighted by molar-refractivity contribution is 0.0928. The van der Waals surface area contributed by atoms with Gasteiger partial charge in [0.05, 0.1) is 11.3 Å². The second kappa shape index (κ2) is 8.54. The highest BCUT2D eigenvalue weighted by atomic mass is 127. The summed E-state index contributed by atoms with van der Waals surface area (Å²) in [6, 6.07) is 12.4. The smallest absolute Gasteiger partial charge is 0.253 e. The predicted molar refractivity (Wildman–Crippen MR) is 116 cm³/mol. The highest BCUT2D eigenvalue weighted by Gasteiger charge is 2.19. The summed E-state index contributed by atoms with van der Waals surface area (Å²) in [5, 5.41) is 6.64. The van der Waals surface area contributed by atoms with E-state index in [0.717, 1.165) is 34.3 Å². The molecule has 1 aliphatic rings. The molecule has 0 unspecified atom stereocenters. The van der Waals surface area contributed by atoms with Gasteiger partial charge in [0.1, 0.15) is 0 Å². The molecule has 1 saturated carbocycles. The first-order chi connectivity index (χ1) is 12.0. The van der Waals surface area contributed by atoms with Gasteiger partial charge in [0.15, 0.2) is 0 Å². The van der Waals surface area contributed by atoms with Crippen molar-refractivity contribution >= 4 is 55.8 Å². The summed E-state index contributed by atoms with van der Waals surface area (Å²) in [6.07, 6.45) is 5.85. The first-order valence-electron chi connectivity index (χ1n) is 8.66. The Labute approximate surface area is 171 Å². The third kappa shape index (κ3) is 4.97. The molecule has 1 fully saturated rings. The molecule has 0 spiro atoms.